The quantitative estimate of drug-likeness (QED) is 0.797. The minimum Gasteiger partial charge on any atom is -0.379 e. The zero-order chi connectivity index (χ0) is 17.5. The summed E-state index contributed by atoms with van der Waals surface area (Å²) >= 11 is 0. The Kier molecular flexibility index (Phi) is 6.08. The summed E-state index contributed by atoms with van der Waals surface area (Å²) in [6.45, 7) is 5.45. The molecule has 1 aliphatic heterocycles. The molecule has 2 aromatic heterocycles. The summed E-state index contributed by atoms with van der Waals surface area (Å²) in [6, 6.07) is 3.58. The van der Waals surface area contributed by atoms with E-state index in [0.29, 0.717) is 37.9 Å². The molecule has 0 aromatic carbocycles. The highest BCUT2D eigenvalue weighted by Gasteiger charge is 2.25. The Bertz CT molecular complexity index is 670. The normalized spacial score (nSPS) is 16.5. The summed E-state index contributed by atoms with van der Waals surface area (Å²) in [7, 11) is 0. The molecule has 0 bridgehead atoms. The average molecular weight is 345 g/mol. The highest BCUT2D eigenvalue weighted by molar-refractivity contribution is 5.81. The van der Waals surface area contributed by atoms with Crippen molar-refractivity contribution in [2.75, 3.05) is 32.8 Å². The average Bonchev–Trinajstić information content (AvgIpc) is 3.13. The maximum Gasteiger partial charge on any atom is 0.237 e. The van der Waals surface area contributed by atoms with Gasteiger partial charge >= 0.3 is 0 Å². The van der Waals surface area contributed by atoms with Crippen LogP contribution in [0.4, 0.5) is 0 Å². The molecule has 1 atom stereocenters. The summed E-state index contributed by atoms with van der Waals surface area (Å²) in [6.07, 6.45) is 4.65. The Labute approximate surface area is 146 Å². The number of nitrogens with one attached hydrogen (secondary N) is 1. The standard InChI is InChI=1S/C17H23N5O3/c1-2-14(22-8-10-24-11-9-22)17(23)19-7-5-15-20-16(21-25-15)13-4-3-6-18-12-13/h3-4,6,12,14H,2,5,7-11H2,1H3,(H,19,23)/t14-/m1/s1. The second-order valence-corrected chi connectivity index (χ2v) is 5.87. The minimum atomic E-state index is -0.113. The molecule has 1 fully saturated rings. The number of pyridine rings is 1. The monoisotopic (exact) mass is 345 g/mol. The lowest BCUT2D eigenvalue weighted by molar-refractivity contribution is -0.128. The number of carbonyl (C=O) groups excluding carboxylic acids is 1. The van der Waals surface area contributed by atoms with Crippen LogP contribution in [0.5, 0.6) is 0 Å². The van der Waals surface area contributed by atoms with Gasteiger partial charge in [-0.25, -0.2) is 0 Å². The number of hydrogen-bond acceptors (Lipinski definition) is 7. The van der Waals surface area contributed by atoms with E-state index < -0.39 is 0 Å². The van der Waals surface area contributed by atoms with Crippen LogP contribution in [-0.4, -0.2) is 64.8 Å². The molecule has 0 aliphatic carbocycles. The second kappa shape index (κ2) is 8.68. The number of amides is 1. The fraction of sp³-hybridized carbons (Fsp3) is 0.529. The zero-order valence-corrected chi connectivity index (χ0v) is 14.4. The molecule has 3 rings (SSSR count). The molecule has 8 nitrogen and oxygen atoms in total. The minimum absolute atomic E-state index is 0.0383. The van der Waals surface area contributed by atoms with Crippen LogP contribution in [0.3, 0.4) is 0 Å². The van der Waals surface area contributed by atoms with Crippen LogP contribution in [-0.2, 0) is 16.0 Å². The summed E-state index contributed by atoms with van der Waals surface area (Å²) in [5.74, 6) is 1.05. The van der Waals surface area contributed by atoms with Gasteiger partial charge in [0.15, 0.2) is 0 Å². The lowest BCUT2D eigenvalue weighted by atomic mass is 10.1. The third-order valence-corrected chi connectivity index (χ3v) is 4.20. The maximum absolute atomic E-state index is 12.4. The van der Waals surface area contributed by atoms with E-state index in [-0.39, 0.29) is 11.9 Å². The van der Waals surface area contributed by atoms with Gasteiger partial charge in [-0.15, -0.1) is 0 Å². The van der Waals surface area contributed by atoms with E-state index in [0.717, 1.165) is 25.1 Å². The maximum atomic E-state index is 12.4. The van der Waals surface area contributed by atoms with E-state index in [2.05, 4.69) is 25.3 Å². The number of aromatic nitrogens is 3. The Hall–Kier alpha value is -2.32. The van der Waals surface area contributed by atoms with E-state index in [1.165, 1.54) is 0 Å². The fourth-order valence-electron chi connectivity index (χ4n) is 2.88. The first-order valence-corrected chi connectivity index (χ1v) is 8.60. The molecule has 25 heavy (non-hydrogen) atoms. The predicted molar refractivity (Wildman–Crippen MR) is 90.7 cm³/mol. The Balaban J connectivity index is 1.49. The van der Waals surface area contributed by atoms with Crippen molar-refractivity contribution < 1.29 is 14.1 Å². The molecule has 0 spiro atoms. The number of rotatable bonds is 7. The van der Waals surface area contributed by atoms with Crippen molar-refractivity contribution in [3.8, 4) is 11.4 Å². The number of carbonyl (C=O) groups is 1. The summed E-state index contributed by atoms with van der Waals surface area (Å²) in [4.78, 5) is 23.0. The van der Waals surface area contributed by atoms with Gasteiger partial charge in [0.1, 0.15) is 0 Å². The zero-order valence-electron chi connectivity index (χ0n) is 14.4. The third-order valence-electron chi connectivity index (χ3n) is 4.20. The first kappa shape index (κ1) is 17.5. The predicted octanol–water partition coefficient (Wildman–Crippen LogP) is 0.901. The first-order valence-electron chi connectivity index (χ1n) is 8.60. The van der Waals surface area contributed by atoms with Crippen LogP contribution in [0.15, 0.2) is 29.0 Å². The molecule has 1 N–H and O–H groups in total. The molecule has 0 unspecified atom stereocenters. The lowest BCUT2D eigenvalue weighted by Gasteiger charge is -2.32. The fourth-order valence-corrected chi connectivity index (χ4v) is 2.88. The van der Waals surface area contributed by atoms with Crippen LogP contribution in [0.1, 0.15) is 19.2 Å². The summed E-state index contributed by atoms with van der Waals surface area (Å²) < 4.78 is 10.6. The summed E-state index contributed by atoms with van der Waals surface area (Å²) in [5, 5.41) is 6.91. The highest BCUT2D eigenvalue weighted by atomic mass is 16.5. The summed E-state index contributed by atoms with van der Waals surface area (Å²) in [5.41, 5.74) is 0.805. The molecular weight excluding hydrogens is 322 g/mol. The molecule has 1 saturated heterocycles. The van der Waals surface area contributed by atoms with E-state index >= 15 is 0 Å². The molecular formula is C17H23N5O3. The van der Waals surface area contributed by atoms with Crippen molar-refractivity contribution >= 4 is 5.91 Å². The number of ether oxygens (including phenoxy) is 1. The smallest absolute Gasteiger partial charge is 0.237 e. The van der Waals surface area contributed by atoms with Crippen LogP contribution in [0, 0.1) is 0 Å². The van der Waals surface area contributed by atoms with E-state index in [1.54, 1.807) is 12.4 Å². The van der Waals surface area contributed by atoms with Gasteiger partial charge < -0.3 is 14.6 Å². The van der Waals surface area contributed by atoms with Gasteiger partial charge in [0.05, 0.1) is 19.3 Å². The SMILES string of the molecule is CC[C@H](C(=O)NCCc1nc(-c2cccnc2)no1)N1CCOCC1. The van der Waals surface area contributed by atoms with Crippen LogP contribution in [0.2, 0.25) is 0 Å². The van der Waals surface area contributed by atoms with Gasteiger partial charge in [-0.2, -0.15) is 4.98 Å². The second-order valence-electron chi connectivity index (χ2n) is 5.87. The van der Waals surface area contributed by atoms with Crippen molar-refractivity contribution in [1.82, 2.24) is 25.3 Å². The van der Waals surface area contributed by atoms with Crippen molar-refractivity contribution in [3.05, 3.63) is 30.4 Å². The largest absolute Gasteiger partial charge is 0.379 e. The third kappa shape index (κ3) is 4.61. The van der Waals surface area contributed by atoms with Crippen LogP contribution >= 0.6 is 0 Å². The van der Waals surface area contributed by atoms with Crippen molar-refractivity contribution in [2.45, 2.75) is 25.8 Å². The molecule has 1 amide bonds. The van der Waals surface area contributed by atoms with Gasteiger partial charge in [0, 0.05) is 44.0 Å². The Morgan fingerprint density at radius 2 is 2.24 bits per heavy atom. The van der Waals surface area contributed by atoms with Crippen molar-refractivity contribution in [1.29, 1.82) is 0 Å². The van der Waals surface area contributed by atoms with Crippen LogP contribution in [0.25, 0.3) is 11.4 Å². The van der Waals surface area contributed by atoms with Gasteiger partial charge in [0.2, 0.25) is 17.6 Å². The Morgan fingerprint density at radius 3 is 2.96 bits per heavy atom. The van der Waals surface area contributed by atoms with Gasteiger partial charge in [0.25, 0.3) is 0 Å². The molecule has 8 heteroatoms. The lowest BCUT2D eigenvalue weighted by Crippen LogP contribution is -2.51. The first-order chi connectivity index (χ1) is 12.3. The van der Waals surface area contributed by atoms with Gasteiger partial charge in [-0.3, -0.25) is 14.7 Å². The number of hydrogen-bond donors (Lipinski definition) is 1. The molecule has 2 aromatic rings. The molecule has 0 radical (unpaired) electrons. The molecule has 134 valence electrons. The molecule has 3 heterocycles. The van der Waals surface area contributed by atoms with Gasteiger partial charge in [-0.1, -0.05) is 12.1 Å². The van der Waals surface area contributed by atoms with Crippen molar-refractivity contribution in [2.24, 2.45) is 0 Å². The van der Waals surface area contributed by atoms with E-state index in [9.17, 15) is 4.79 Å². The number of nitrogens with zero attached hydrogens (tertiary/aromatic N) is 4. The van der Waals surface area contributed by atoms with Crippen molar-refractivity contribution in [3.63, 3.8) is 0 Å². The van der Waals surface area contributed by atoms with E-state index in [1.807, 2.05) is 19.1 Å². The molecule has 0 saturated carbocycles. The Morgan fingerprint density at radius 1 is 1.40 bits per heavy atom. The van der Waals surface area contributed by atoms with E-state index in [4.69, 9.17) is 9.26 Å². The van der Waals surface area contributed by atoms with Crippen LogP contribution < -0.4 is 5.32 Å². The van der Waals surface area contributed by atoms with Gasteiger partial charge in [-0.05, 0) is 18.6 Å². The topological polar surface area (TPSA) is 93.4 Å². The highest BCUT2D eigenvalue weighted by Crippen LogP contribution is 2.13. The number of morpholine rings is 1. The molecule has 1 aliphatic rings.